The number of carbonyl (C=O) groups is 2. The first kappa shape index (κ1) is 26.1. The first-order valence-electron chi connectivity index (χ1n) is 11.0. The minimum Gasteiger partial charge on any atom is -0.326 e. The van der Waals surface area contributed by atoms with Crippen molar-refractivity contribution < 1.29 is 9.59 Å². The Labute approximate surface area is 229 Å². The first-order chi connectivity index (χ1) is 17.4. The molecular weight excluding hydrogens is 535 g/mol. The highest BCUT2D eigenvalue weighted by atomic mass is 35.5. The Morgan fingerprint density at radius 2 is 1.47 bits per heavy atom. The quantitative estimate of drug-likeness (QED) is 0.215. The highest BCUT2D eigenvalue weighted by Gasteiger charge is 2.23. The zero-order valence-electron chi connectivity index (χ0n) is 18.9. The van der Waals surface area contributed by atoms with Gasteiger partial charge in [-0.05, 0) is 59.7 Å². The lowest BCUT2D eigenvalue weighted by molar-refractivity contribution is -0.116. The van der Waals surface area contributed by atoms with E-state index in [9.17, 15) is 9.59 Å². The Kier molecular flexibility index (Phi) is 8.94. The summed E-state index contributed by atoms with van der Waals surface area (Å²) in [5.74, 6) is -0.389. The number of hydrogen-bond acceptors (Lipinski definition) is 3. The molecule has 1 atom stereocenters. The third-order valence-electron chi connectivity index (χ3n) is 5.18. The van der Waals surface area contributed by atoms with Gasteiger partial charge in [-0.3, -0.25) is 9.59 Å². The maximum Gasteiger partial charge on any atom is 0.242 e. The lowest BCUT2D eigenvalue weighted by Crippen LogP contribution is -2.19. The second kappa shape index (κ2) is 12.3. The summed E-state index contributed by atoms with van der Waals surface area (Å²) in [6.45, 7) is 0. The van der Waals surface area contributed by atoms with Crippen LogP contribution in [0.2, 0.25) is 15.1 Å². The van der Waals surface area contributed by atoms with Gasteiger partial charge in [0.15, 0.2) is 0 Å². The normalized spacial score (nSPS) is 11.5. The summed E-state index contributed by atoms with van der Waals surface area (Å²) in [7, 11) is 0. The van der Waals surface area contributed by atoms with E-state index < -0.39 is 5.25 Å². The van der Waals surface area contributed by atoms with Gasteiger partial charge in [0, 0.05) is 20.6 Å². The zero-order chi connectivity index (χ0) is 25.5. The zero-order valence-corrected chi connectivity index (χ0v) is 22.0. The van der Waals surface area contributed by atoms with Crippen molar-refractivity contribution in [3.8, 4) is 0 Å². The molecule has 4 aromatic rings. The molecule has 0 heterocycles. The van der Waals surface area contributed by atoms with Crippen LogP contribution in [0.3, 0.4) is 0 Å². The van der Waals surface area contributed by atoms with Crippen molar-refractivity contribution in [3.05, 3.63) is 123 Å². The monoisotopic (exact) mass is 554 g/mol. The van der Waals surface area contributed by atoms with E-state index in [1.54, 1.807) is 30.3 Å². The molecule has 0 aromatic heterocycles. The van der Waals surface area contributed by atoms with Crippen molar-refractivity contribution in [1.82, 2.24) is 0 Å². The second-order valence-corrected chi connectivity index (χ2v) is 10.4. The average molecular weight is 556 g/mol. The van der Waals surface area contributed by atoms with Crippen molar-refractivity contribution >= 4 is 69.8 Å². The number of halogens is 3. The van der Waals surface area contributed by atoms with E-state index in [4.69, 9.17) is 34.8 Å². The largest absolute Gasteiger partial charge is 0.326 e. The molecule has 0 saturated heterocycles. The van der Waals surface area contributed by atoms with Gasteiger partial charge < -0.3 is 10.6 Å². The molecule has 8 heteroatoms. The van der Waals surface area contributed by atoms with E-state index in [1.165, 1.54) is 11.8 Å². The summed E-state index contributed by atoms with van der Waals surface area (Å²) in [6, 6.07) is 28.9. The molecule has 2 amide bonds. The molecule has 2 N–H and O–H groups in total. The molecule has 4 nitrogen and oxygen atoms in total. The molecule has 4 aromatic carbocycles. The Morgan fingerprint density at radius 1 is 0.750 bits per heavy atom. The van der Waals surface area contributed by atoms with E-state index in [1.807, 2.05) is 66.7 Å². The van der Waals surface area contributed by atoms with Gasteiger partial charge >= 0.3 is 0 Å². The van der Waals surface area contributed by atoms with Gasteiger partial charge in [-0.25, -0.2) is 0 Å². The molecule has 0 aliphatic rings. The van der Waals surface area contributed by atoms with Crippen molar-refractivity contribution in [2.45, 2.75) is 16.6 Å². The number of anilines is 2. The Bertz CT molecular complexity index is 1370. The van der Waals surface area contributed by atoms with Gasteiger partial charge in [-0.1, -0.05) is 83.3 Å². The molecule has 0 aliphatic heterocycles. The lowest BCUT2D eigenvalue weighted by Gasteiger charge is -2.18. The average Bonchev–Trinajstić information content (AvgIpc) is 2.87. The first-order valence-corrected chi connectivity index (χ1v) is 13.0. The molecule has 0 aliphatic carbocycles. The van der Waals surface area contributed by atoms with Crippen molar-refractivity contribution in [1.29, 1.82) is 0 Å². The van der Waals surface area contributed by atoms with Crippen molar-refractivity contribution in [2.24, 2.45) is 0 Å². The predicted molar refractivity (Wildman–Crippen MR) is 150 cm³/mol. The summed E-state index contributed by atoms with van der Waals surface area (Å²) in [4.78, 5) is 26.7. The molecule has 4 rings (SSSR count). The molecule has 0 saturated carbocycles. The lowest BCUT2D eigenvalue weighted by atomic mass is 10.1. The van der Waals surface area contributed by atoms with Crippen LogP contribution in [0, 0.1) is 0 Å². The molecule has 36 heavy (non-hydrogen) atoms. The fourth-order valence-electron chi connectivity index (χ4n) is 3.47. The maximum absolute atomic E-state index is 13.4. The van der Waals surface area contributed by atoms with Crippen LogP contribution < -0.4 is 10.6 Å². The molecule has 0 fully saturated rings. The van der Waals surface area contributed by atoms with Gasteiger partial charge in [-0.2, -0.15) is 0 Å². The number of carbonyl (C=O) groups excluding carboxylic acids is 2. The second-order valence-electron chi connectivity index (χ2n) is 7.90. The van der Waals surface area contributed by atoms with E-state index in [0.29, 0.717) is 26.4 Å². The topological polar surface area (TPSA) is 58.2 Å². The SMILES string of the molecule is O=C(Cc1ccc(Cl)cc1)Nc1cccc(SC(C(=O)Nc2cc(Cl)ccc2Cl)c2ccccc2)c1. The van der Waals surface area contributed by atoms with E-state index in [2.05, 4.69) is 10.6 Å². The molecule has 182 valence electrons. The van der Waals surface area contributed by atoms with Crippen LogP contribution in [0.1, 0.15) is 16.4 Å². The Hall–Kier alpha value is -2.96. The fourth-order valence-corrected chi connectivity index (χ4v) is 5.01. The summed E-state index contributed by atoms with van der Waals surface area (Å²) in [6.07, 6.45) is 0.226. The summed E-state index contributed by atoms with van der Waals surface area (Å²) in [5, 5.41) is 6.74. The van der Waals surface area contributed by atoms with E-state index in [-0.39, 0.29) is 18.2 Å². The van der Waals surface area contributed by atoms with Gasteiger partial charge in [0.2, 0.25) is 11.8 Å². The van der Waals surface area contributed by atoms with E-state index >= 15 is 0 Å². The minimum absolute atomic E-state index is 0.146. The van der Waals surface area contributed by atoms with E-state index in [0.717, 1.165) is 16.0 Å². The van der Waals surface area contributed by atoms with Crippen LogP contribution in [0.5, 0.6) is 0 Å². The van der Waals surface area contributed by atoms with Gasteiger partial charge in [0.1, 0.15) is 5.25 Å². The summed E-state index contributed by atoms with van der Waals surface area (Å²) >= 11 is 19.6. The maximum atomic E-state index is 13.4. The van der Waals surface area contributed by atoms with Crippen LogP contribution in [0.15, 0.2) is 102 Å². The summed E-state index contributed by atoms with van der Waals surface area (Å²) in [5.41, 5.74) is 2.78. The Balaban J connectivity index is 1.50. The van der Waals surface area contributed by atoms with Crippen LogP contribution in [0.25, 0.3) is 0 Å². The number of rotatable bonds is 8. The number of thioether (sulfide) groups is 1. The fraction of sp³-hybridized carbons (Fsp3) is 0.0714. The van der Waals surface area contributed by atoms with Crippen molar-refractivity contribution in [3.63, 3.8) is 0 Å². The molecule has 0 spiro atoms. The molecule has 0 radical (unpaired) electrons. The highest BCUT2D eigenvalue weighted by molar-refractivity contribution is 8.00. The van der Waals surface area contributed by atoms with Crippen LogP contribution >= 0.6 is 46.6 Å². The number of hydrogen-bond donors (Lipinski definition) is 2. The van der Waals surface area contributed by atoms with Crippen LogP contribution in [-0.2, 0) is 16.0 Å². The summed E-state index contributed by atoms with van der Waals surface area (Å²) < 4.78 is 0. The standard InChI is InChI=1S/C28H21Cl3N2O2S/c29-20-11-9-18(10-12-20)15-26(34)32-22-7-4-8-23(17-22)36-27(19-5-2-1-3-6-19)28(35)33-25-16-21(30)13-14-24(25)31/h1-14,16-17,27H,15H2,(H,32,34)(H,33,35). The van der Waals surface area contributed by atoms with Crippen molar-refractivity contribution in [2.75, 3.05) is 10.6 Å². The number of nitrogens with one attached hydrogen (secondary N) is 2. The van der Waals surface area contributed by atoms with Gasteiger partial charge in [0.05, 0.1) is 17.1 Å². The minimum atomic E-state index is -0.568. The molecule has 0 bridgehead atoms. The number of amides is 2. The van der Waals surface area contributed by atoms with Gasteiger partial charge in [0.25, 0.3) is 0 Å². The van der Waals surface area contributed by atoms with Crippen LogP contribution in [-0.4, -0.2) is 11.8 Å². The molecule has 1 unspecified atom stereocenters. The molecular formula is C28H21Cl3N2O2S. The van der Waals surface area contributed by atoms with Gasteiger partial charge in [-0.15, -0.1) is 11.8 Å². The Morgan fingerprint density at radius 3 is 2.22 bits per heavy atom. The highest BCUT2D eigenvalue weighted by Crippen LogP contribution is 2.38. The predicted octanol–water partition coefficient (Wildman–Crippen LogP) is 8.30. The third kappa shape index (κ3) is 7.28. The number of benzene rings is 4. The smallest absolute Gasteiger partial charge is 0.242 e. The van der Waals surface area contributed by atoms with Crippen LogP contribution in [0.4, 0.5) is 11.4 Å². The third-order valence-corrected chi connectivity index (χ3v) is 7.24.